The Morgan fingerprint density at radius 3 is 2.86 bits per heavy atom. The van der Waals surface area contributed by atoms with Crippen molar-refractivity contribution in [2.45, 2.75) is 19.8 Å². The molecule has 1 aliphatic rings. The zero-order chi connectivity index (χ0) is 10.1. The number of aryl methyl sites for hydroxylation is 1. The summed E-state index contributed by atoms with van der Waals surface area (Å²) >= 11 is 0. The maximum absolute atomic E-state index is 13.1. The molecule has 14 heavy (non-hydrogen) atoms. The van der Waals surface area contributed by atoms with Crippen LogP contribution in [0.4, 0.5) is 15.8 Å². The first-order valence-corrected chi connectivity index (χ1v) is 4.96. The summed E-state index contributed by atoms with van der Waals surface area (Å²) in [6.07, 6.45) is 2.60. The molecule has 2 nitrogen and oxygen atoms in total. The topological polar surface area (TPSA) is 38.0 Å². The maximum Gasteiger partial charge on any atom is 0.128 e. The van der Waals surface area contributed by atoms with Crippen LogP contribution in [-0.2, 0) is 0 Å². The standard InChI is InChI=1S/C11H15FN2/c1-7-4-11(10(13)5-9(7)12)14-6-8-2-3-8/h4-5,8,14H,2-3,6,13H2,1H3. The van der Waals surface area contributed by atoms with E-state index in [9.17, 15) is 4.39 Å². The molecule has 1 aromatic rings. The predicted molar refractivity (Wildman–Crippen MR) is 56.8 cm³/mol. The number of rotatable bonds is 3. The highest BCUT2D eigenvalue weighted by Crippen LogP contribution is 2.30. The second-order valence-electron chi connectivity index (χ2n) is 4.01. The zero-order valence-electron chi connectivity index (χ0n) is 8.31. The Kier molecular flexibility index (Phi) is 2.32. The number of nitrogens with one attached hydrogen (secondary N) is 1. The fourth-order valence-corrected chi connectivity index (χ4v) is 1.43. The first-order chi connectivity index (χ1) is 6.66. The second kappa shape index (κ2) is 3.48. The Bertz CT molecular complexity index is 345. The molecule has 0 unspecified atom stereocenters. The van der Waals surface area contributed by atoms with Crippen molar-refractivity contribution in [3.63, 3.8) is 0 Å². The molecule has 0 aromatic heterocycles. The van der Waals surface area contributed by atoms with Crippen molar-refractivity contribution < 1.29 is 4.39 Å². The van der Waals surface area contributed by atoms with Gasteiger partial charge in [0.1, 0.15) is 5.82 Å². The highest BCUT2D eigenvalue weighted by Gasteiger charge is 2.20. The van der Waals surface area contributed by atoms with E-state index in [0.717, 1.165) is 18.2 Å². The zero-order valence-corrected chi connectivity index (χ0v) is 8.31. The summed E-state index contributed by atoms with van der Waals surface area (Å²) in [6.45, 7) is 2.70. The molecule has 2 rings (SSSR count). The van der Waals surface area contributed by atoms with E-state index in [2.05, 4.69) is 5.32 Å². The number of hydrogen-bond donors (Lipinski definition) is 2. The Labute approximate surface area is 83.3 Å². The van der Waals surface area contributed by atoms with Crippen molar-refractivity contribution in [3.05, 3.63) is 23.5 Å². The minimum absolute atomic E-state index is 0.237. The van der Waals surface area contributed by atoms with Gasteiger partial charge in [0.2, 0.25) is 0 Å². The number of benzene rings is 1. The fourth-order valence-electron chi connectivity index (χ4n) is 1.43. The van der Waals surface area contributed by atoms with Gasteiger partial charge in [0, 0.05) is 6.54 Å². The summed E-state index contributed by atoms with van der Waals surface area (Å²) in [6, 6.07) is 3.15. The van der Waals surface area contributed by atoms with Crippen LogP contribution in [-0.4, -0.2) is 6.54 Å². The summed E-state index contributed by atoms with van der Waals surface area (Å²) in [4.78, 5) is 0. The van der Waals surface area contributed by atoms with Gasteiger partial charge in [-0.1, -0.05) is 0 Å². The largest absolute Gasteiger partial charge is 0.397 e. The summed E-state index contributed by atoms with van der Waals surface area (Å²) in [5, 5.41) is 3.25. The molecule has 1 aliphatic carbocycles. The molecule has 0 aliphatic heterocycles. The number of anilines is 2. The van der Waals surface area contributed by atoms with E-state index in [1.807, 2.05) is 0 Å². The van der Waals surface area contributed by atoms with Gasteiger partial charge in [0.05, 0.1) is 11.4 Å². The van der Waals surface area contributed by atoms with Crippen molar-refractivity contribution in [1.29, 1.82) is 0 Å². The van der Waals surface area contributed by atoms with Gasteiger partial charge in [-0.2, -0.15) is 0 Å². The lowest BCUT2D eigenvalue weighted by atomic mass is 10.2. The Morgan fingerprint density at radius 1 is 1.50 bits per heavy atom. The van der Waals surface area contributed by atoms with Crippen LogP contribution in [0.5, 0.6) is 0 Å². The van der Waals surface area contributed by atoms with Crippen LogP contribution in [0, 0.1) is 18.7 Å². The Hall–Kier alpha value is -1.25. The van der Waals surface area contributed by atoms with Crippen molar-refractivity contribution >= 4 is 11.4 Å². The minimum atomic E-state index is -0.237. The molecule has 1 fully saturated rings. The third-order valence-corrected chi connectivity index (χ3v) is 2.61. The molecular weight excluding hydrogens is 179 g/mol. The molecule has 0 saturated heterocycles. The minimum Gasteiger partial charge on any atom is -0.397 e. The fraction of sp³-hybridized carbons (Fsp3) is 0.455. The van der Waals surface area contributed by atoms with Gasteiger partial charge in [-0.25, -0.2) is 4.39 Å². The van der Waals surface area contributed by atoms with Crippen LogP contribution in [0.15, 0.2) is 12.1 Å². The van der Waals surface area contributed by atoms with E-state index < -0.39 is 0 Å². The summed E-state index contributed by atoms with van der Waals surface area (Å²) < 4.78 is 13.1. The average Bonchev–Trinajstić information content (AvgIpc) is 2.92. The van der Waals surface area contributed by atoms with Crippen molar-refractivity contribution in [3.8, 4) is 0 Å². The molecular formula is C11H15FN2. The van der Waals surface area contributed by atoms with Gasteiger partial charge in [0.25, 0.3) is 0 Å². The third-order valence-electron chi connectivity index (χ3n) is 2.61. The van der Waals surface area contributed by atoms with Gasteiger partial charge in [-0.3, -0.25) is 0 Å². The molecule has 0 atom stereocenters. The van der Waals surface area contributed by atoms with E-state index in [-0.39, 0.29) is 5.82 Å². The van der Waals surface area contributed by atoms with E-state index in [1.54, 1.807) is 13.0 Å². The lowest BCUT2D eigenvalue weighted by Gasteiger charge is -2.10. The molecule has 76 valence electrons. The number of hydrogen-bond acceptors (Lipinski definition) is 2. The van der Waals surface area contributed by atoms with Crippen molar-refractivity contribution in [2.75, 3.05) is 17.6 Å². The Morgan fingerprint density at radius 2 is 2.21 bits per heavy atom. The molecule has 1 aromatic carbocycles. The van der Waals surface area contributed by atoms with Crippen molar-refractivity contribution in [1.82, 2.24) is 0 Å². The Balaban J connectivity index is 2.10. The molecule has 3 heteroatoms. The van der Waals surface area contributed by atoms with E-state index in [1.165, 1.54) is 18.9 Å². The van der Waals surface area contributed by atoms with Gasteiger partial charge < -0.3 is 11.1 Å². The number of halogens is 1. The van der Waals surface area contributed by atoms with Crippen LogP contribution in [0.2, 0.25) is 0 Å². The number of nitrogen functional groups attached to an aromatic ring is 1. The third kappa shape index (κ3) is 1.97. The van der Waals surface area contributed by atoms with Crippen LogP contribution >= 0.6 is 0 Å². The quantitative estimate of drug-likeness (QED) is 0.726. The summed E-state index contributed by atoms with van der Waals surface area (Å²) in [5.74, 6) is 0.555. The molecule has 1 saturated carbocycles. The number of nitrogens with two attached hydrogens (primary N) is 1. The molecule has 0 heterocycles. The smallest absolute Gasteiger partial charge is 0.128 e. The van der Waals surface area contributed by atoms with E-state index >= 15 is 0 Å². The van der Waals surface area contributed by atoms with Crippen LogP contribution in [0.3, 0.4) is 0 Å². The summed E-state index contributed by atoms with van der Waals surface area (Å²) in [5.41, 5.74) is 7.68. The van der Waals surface area contributed by atoms with Crippen LogP contribution in [0.1, 0.15) is 18.4 Å². The van der Waals surface area contributed by atoms with E-state index in [0.29, 0.717) is 11.3 Å². The lowest BCUT2D eigenvalue weighted by molar-refractivity contribution is 0.619. The lowest BCUT2D eigenvalue weighted by Crippen LogP contribution is -2.06. The monoisotopic (exact) mass is 194 g/mol. The van der Waals surface area contributed by atoms with Crippen LogP contribution in [0.25, 0.3) is 0 Å². The molecule has 0 spiro atoms. The maximum atomic E-state index is 13.1. The molecule has 0 bridgehead atoms. The second-order valence-corrected chi connectivity index (χ2v) is 4.01. The first-order valence-electron chi connectivity index (χ1n) is 4.96. The van der Waals surface area contributed by atoms with Gasteiger partial charge in [0.15, 0.2) is 0 Å². The van der Waals surface area contributed by atoms with Gasteiger partial charge >= 0.3 is 0 Å². The molecule has 3 N–H and O–H groups in total. The predicted octanol–water partition coefficient (Wildman–Crippen LogP) is 2.54. The highest BCUT2D eigenvalue weighted by molar-refractivity contribution is 5.67. The van der Waals surface area contributed by atoms with Gasteiger partial charge in [-0.05, 0) is 43.4 Å². The SMILES string of the molecule is Cc1cc(NCC2CC2)c(N)cc1F. The normalized spacial score (nSPS) is 15.6. The highest BCUT2D eigenvalue weighted by atomic mass is 19.1. The van der Waals surface area contributed by atoms with Crippen molar-refractivity contribution in [2.24, 2.45) is 5.92 Å². The van der Waals surface area contributed by atoms with Crippen LogP contribution < -0.4 is 11.1 Å². The molecule has 0 amide bonds. The molecule has 0 radical (unpaired) electrons. The van der Waals surface area contributed by atoms with Gasteiger partial charge in [-0.15, -0.1) is 0 Å². The first kappa shape index (κ1) is 9.31. The average molecular weight is 194 g/mol. The van der Waals surface area contributed by atoms with E-state index in [4.69, 9.17) is 5.73 Å². The summed E-state index contributed by atoms with van der Waals surface area (Å²) in [7, 11) is 0.